The van der Waals surface area contributed by atoms with Crippen LogP contribution in [-0.4, -0.2) is 28.5 Å². The predicted octanol–water partition coefficient (Wildman–Crippen LogP) is 3.08. The van der Waals surface area contributed by atoms with Crippen LogP contribution in [0.1, 0.15) is 12.8 Å². The topological polar surface area (TPSA) is 74.6 Å². The molecule has 2 aliphatic carbocycles. The summed E-state index contributed by atoms with van der Waals surface area (Å²) in [5, 5.41) is 20.9. The highest BCUT2D eigenvalue weighted by molar-refractivity contribution is 7.94. The number of hydrogen-bond acceptors (Lipinski definition) is 4. The number of allylic oxidation sites excluding steroid dienone is 4. The molecule has 0 aromatic rings. The number of rotatable bonds is 2. The largest absolute Gasteiger partial charge is 0.371 e. The summed E-state index contributed by atoms with van der Waals surface area (Å²) < 4.78 is 25.4. The predicted molar refractivity (Wildman–Crippen MR) is 83.8 cm³/mol. The molecule has 116 valence electrons. The first-order valence-electron chi connectivity index (χ1n) is 5.67. The van der Waals surface area contributed by atoms with E-state index in [9.17, 15) is 18.6 Å². The second-order valence-electron chi connectivity index (χ2n) is 4.79. The van der Waals surface area contributed by atoms with Crippen molar-refractivity contribution in [3.05, 3.63) is 44.4 Å². The van der Waals surface area contributed by atoms with Crippen molar-refractivity contribution in [3.63, 3.8) is 0 Å². The summed E-state index contributed by atoms with van der Waals surface area (Å²) in [6, 6.07) is 0. The normalized spacial score (nSPS) is 33.8. The number of aliphatic hydroxyl groups is 2. The highest BCUT2D eigenvalue weighted by Gasteiger charge is 2.55. The molecule has 21 heavy (non-hydrogen) atoms. The van der Waals surface area contributed by atoms with E-state index in [1.807, 2.05) is 0 Å². The minimum Gasteiger partial charge on any atom is -0.371 e. The molecule has 0 aliphatic heterocycles. The lowest BCUT2D eigenvalue weighted by atomic mass is 10.1. The molecule has 2 aliphatic rings. The summed E-state index contributed by atoms with van der Waals surface area (Å²) in [6.07, 6.45) is 3.61. The third kappa shape index (κ3) is 3.06. The molecular weight excluding hydrogens is 382 g/mol. The van der Waals surface area contributed by atoms with E-state index in [-0.39, 0.29) is 20.1 Å². The van der Waals surface area contributed by atoms with E-state index in [1.165, 1.54) is 12.2 Å². The molecule has 0 aromatic carbocycles. The molecular formula is C12H10Cl4O4S. The van der Waals surface area contributed by atoms with E-state index in [1.54, 1.807) is 0 Å². The molecule has 2 unspecified atom stereocenters. The third-order valence-corrected chi connectivity index (χ3v) is 6.40. The van der Waals surface area contributed by atoms with Gasteiger partial charge in [-0.15, -0.1) is 0 Å². The SMILES string of the molecule is O=S(=O)(C1(O)C=C(Cl)C=C(Cl)C1)C1(O)C=C(Cl)C=C(Cl)C1. The highest BCUT2D eigenvalue weighted by Crippen LogP contribution is 2.43. The van der Waals surface area contributed by atoms with Gasteiger partial charge in [-0.25, -0.2) is 8.42 Å². The first kappa shape index (κ1) is 17.3. The van der Waals surface area contributed by atoms with Gasteiger partial charge in [0.05, 0.1) is 0 Å². The first-order chi connectivity index (χ1) is 9.49. The number of hydrogen-bond donors (Lipinski definition) is 2. The van der Waals surface area contributed by atoms with Crippen LogP contribution >= 0.6 is 46.4 Å². The van der Waals surface area contributed by atoms with Gasteiger partial charge in [0.15, 0.2) is 9.87 Å². The van der Waals surface area contributed by atoms with Crippen LogP contribution in [0, 0.1) is 0 Å². The Labute approximate surface area is 141 Å². The summed E-state index contributed by atoms with van der Waals surface area (Å²) in [5.41, 5.74) is 0. The fraction of sp³-hybridized carbons (Fsp3) is 0.333. The van der Waals surface area contributed by atoms with E-state index in [4.69, 9.17) is 46.4 Å². The Bertz CT molecular complexity index is 653. The monoisotopic (exact) mass is 390 g/mol. The fourth-order valence-electron chi connectivity index (χ4n) is 2.15. The van der Waals surface area contributed by atoms with Crippen molar-refractivity contribution in [2.75, 3.05) is 0 Å². The average Bonchev–Trinajstić information content (AvgIpc) is 2.24. The van der Waals surface area contributed by atoms with Gasteiger partial charge in [-0.1, -0.05) is 46.4 Å². The number of sulfone groups is 1. The quantitative estimate of drug-likeness (QED) is 0.758. The van der Waals surface area contributed by atoms with Crippen LogP contribution in [0.4, 0.5) is 0 Å². The smallest absolute Gasteiger partial charge is 0.217 e. The summed E-state index contributed by atoms with van der Waals surface area (Å²) in [5.74, 6) is 0. The molecule has 2 N–H and O–H groups in total. The maximum absolute atomic E-state index is 12.7. The molecule has 4 nitrogen and oxygen atoms in total. The second-order valence-corrected chi connectivity index (χ2v) is 9.05. The van der Waals surface area contributed by atoms with Crippen LogP contribution in [0.2, 0.25) is 0 Å². The molecule has 9 heteroatoms. The van der Waals surface area contributed by atoms with Gasteiger partial charge in [0.2, 0.25) is 9.84 Å². The lowest BCUT2D eigenvalue weighted by Gasteiger charge is -2.36. The van der Waals surface area contributed by atoms with Crippen LogP contribution in [-0.2, 0) is 9.84 Å². The molecule has 0 saturated carbocycles. The maximum atomic E-state index is 12.7. The van der Waals surface area contributed by atoms with Crippen LogP contribution < -0.4 is 0 Å². The summed E-state index contributed by atoms with van der Waals surface area (Å²) in [7, 11) is -4.58. The van der Waals surface area contributed by atoms with Crippen LogP contribution in [0.25, 0.3) is 0 Å². The minimum atomic E-state index is -4.58. The second kappa shape index (κ2) is 5.57. The minimum absolute atomic E-state index is 0.0460. The Kier molecular flexibility index (Phi) is 4.60. The van der Waals surface area contributed by atoms with Crippen molar-refractivity contribution in [2.24, 2.45) is 0 Å². The standard InChI is InChI=1S/C12H10Cl4O4S/c13-7-1-8(14)4-11(17,3-7)21(19,20)12(18)5-9(15)2-10(16)6-12/h1-3,5,17-18H,4,6H2. The Morgan fingerprint density at radius 2 is 1.19 bits per heavy atom. The lowest BCUT2D eigenvalue weighted by molar-refractivity contribution is 0.132. The zero-order valence-corrected chi connectivity index (χ0v) is 14.2. The summed E-state index contributed by atoms with van der Waals surface area (Å²) in [6.45, 7) is 0. The lowest BCUT2D eigenvalue weighted by Crippen LogP contribution is -2.51. The molecule has 0 saturated heterocycles. The Morgan fingerprint density at radius 3 is 1.48 bits per heavy atom. The number of halogens is 4. The zero-order valence-electron chi connectivity index (χ0n) is 10.4. The van der Waals surface area contributed by atoms with Gasteiger partial charge in [0, 0.05) is 33.0 Å². The first-order valence-corrected chi connectivity index (χ1v) is 8.66. The van der Waals surface area contributed by atoms with Crippen molar-refractivity contribution in [1.29, 1.82) is 0 Å². The Balaban J connectivity index is 2.54. The van der Waals surface area contributed by atoms with E-state index >= 15 is 0 Å². The zero-order chi connectivity index (χ0) is 16.1. The Morgan fingerprint density at radius 1 is 0.857 bits per heavy atom. The highest BCUT2D eigenvalue weighted by atomic mass is 35.5. The van der Waals surface area contributed by atoms with E-state index in [0.717, 1.165) is 12.2 Å². The van der Waals surface area contributed by atoms with Crippen molar-refractivity contribution in [3.8, 4) is 0 Å². The van der Waals surface area contributed by atoms with Gasteiger partial charge in [-0.3, -0.25) is 0 Å². The molecule has 0 heterocycles. The summed E-state index contributed by atoms with van der Waals surface area (Å²) in [4.78, 5) is -4.90. The molecule has 0 spiro atoms. The average molecular weight is 392 g/mol. The van der Waals surface area contributed by atoms with E-state index in [2.05, 4.69) is 0 Å². The van der Waals surface area contributed by atoms with Crippen LogP contribution in [0.3, 0.4) is 0 Å². The van der Waals surface area contributed by atoms with Gasteiger partial charge in [0.25, 0.3) is 0 Å². The van der Waals surface area contributed by atoms with E-state index in [0.29, 0.717) is 0 Å². The van der Waals surface area contributed by atoms with Gasteiger partial charge in [-0.2, -0.15) is 0 Å². The fourth-order valence-corrected chi connectivity index (χ4v) is 5.69. The van der Waals surface area contributed by atoms with Gasteiger partial charge in [-0.05, 0) is 24.3 Å². The van der Waals surface area contributed by atoms with Gasteiger partial charge in [0.1, 0.15) is 0 Å². The molecule has 0 radical (unpaired) electrons. The van der Waals surface area contributed by atoms with Gasteiger partial charge >= 0.3 is 0 Å². The molecule has 0 aromatic heterocycles. The maximum Gasteiger partial charge on any atom is 0.217 e. The van der Waals surface area contributed by atoms with Crippen LogP contribution in [0.5, 0.6) is 0 Å². The van der Waals surface area contributed by atoms with Crippen molar-refractivity contribution < 1.29 is 18.6 Å². The van der Waals surface area contributed by atoms with Crippen molar-refractivity contribution in [1.82, 2.24) is 0 Å². The van der Waals surface area contributed by atoms with Crippen molar-refractivity contribution >= 4 is 56.2 Å². The third-order valence-electron chi connectivity index (χ3n) is 3.09. The summed E-state index contributed by atoms with van der Waals surface area (Å²) >= 11 is 23.1. The van der Waals surface area contributed by atoms with Gasteiger partial charge < -0.3 is 10.2 Å². The van der Waals surface area contributed by atoms with E-state index < -0.39 is 32.5 Å². The van der Waals surface area contributed by atoms with Crippen LogP contribution in [0.15, 0.2) is 44.4 Å². The molecule has 0 bridgehead atoms. The molecule has 0 fully saturated rings. The molecule has 2 atom stereocenters. The molecule has 2 rings (SSSR count). The van der Waals surface area contributed by atoms with Crippen molar-refractivity contribution in [2.45, 2.75) is 22.7 Å². The molecule has 0 amide bonds. The Hall–Kier alpha value is -0.0100.